The highest BCUT2D eigenvalue weighted by Gasteiger charge is 2.27. The van der Waals surface area contributed by atoms with E-state index in [0.29, 0.717) is 25.6 Å². The van der Waals surface area contributed by atoms with Crippen LogP contribution in [0.3, 0.4) is 0 Å². The lowest BCUT2D eigenvalue weighted by atomic mass is 10.2. The molecular formula is C13H22N4O2. The zero-order valence-electron chi connectivity index (χ0n) is 12.1. The van der Waals surface area contributed by atoms with Crippen LogP contribution in [0.15, 0.2) is 0 Å². The van der Waals surface area contributed by atoms with E-state index in [4.69, 9.17) is 4.74 Å². The summed E-state index contributed by atoms with van der Waals surface area (Å²) in [6.45, 7) is 10.5. The summed E-state index contributed by atoms with van der Waals surface area (Å²) in [6, 6.07) is 0. The van der Waals surface area contributed by atoms with E-state index in [9.17, 15) is 4.79 Å². The molecule has 1 aromatic heterocycles. The number of aryl methyl sites for hydroxylation is 1. The van der Waals surface area contributed by atoms with Crippen LogP contribution in [0.4, 0.5) is 0 Å². The van der Waals surface area contributed by atoms with E-state index in [0.717, 1.165) is 18.2 Å². The zero-order valence-corrected chi connectivity index (χ0v) is 12.1. The van der Waals surface area contributed by atoms with Gasteiger partial charge in [0, 0.05) is 19.7 Å². The maximum atomic E-state index is 12.3. The van der Waals surface area contributed by atoms with Crippen LogP contribution in [0, 0.1) is 12.8 Å². The Balaban J connectivity index is 1.95. The Morgan fingerprint density at radius 2 is 2.05 bits per heavy atom. The molecule has 6 nitrogen and oxygen atoms in total. The maximum Gasteiger partial charge on any atom is 0.251 e. The SMILES string of the molecule is Cc1nnc2n1CCN(C(=O)C(C)OCC(C)C)C2. The third-order valence-electron chi connectivity index (χ3n) is 3.28. The monoisotopic (exact) mass is 266 g/mol. The minimum Gasteiger partial charge on any atom is -0.368 e. The summed E-state index contributed by atoms with van der Waals surface area (Å²) in [7, 11) is 0. The molecule has 0 N–H and O–H groups in total. The van der Waals surface area contributed by atoms with E-state index in [2.05, 4.69) is 28.6 Å². The molecular weight excluding hydrogens is 244 g/mol. The second kappa shape index (κ2) is 5.69. The third kappa shape index (κ3) is 3.12. The van der Waals surface area contributed by atoms with E-state index < -0.39 is 6.10 Å². The van der Waals surface area contributed by atoms with Gasteiger partial charge in [-0.1, -0.05) is 13.8 Å². The molecule has 1 unspecified atom stereocenters. The minimum absolute atomic E-state index is 0.0348. The van der Waals surface area contributed by atoms with Gasteiger partial charge in [-0.25, -0.2) is 0 Å². The molecule has 0 radical (unpaired) electrons. The molecule has 1 aliphatic heterocycles. The van der Waals surface area contributed by atoms with Crippen LogP contribution in [0.2, 0.25) is 0 Å². The standard InChI is InChI=1S/C13H22N4O2/c1-9(2)8-19-10(3)13(18)16-5-6-17-11(4)14-15-12(17)7-16/h9-10H,5-8H2,1-4H3. The predicted molar refractivity (Wildman–Crippen MR) is 70.4 cm³/mol. The first kappa shape index (κ1) is 14.0. The molecule has 0 saturated carbocycles. The van der Waals surface area contributed by atoms with Crippen molar-refractivity contribution in [1.82, 2.24) is 19.7 Å². The van der Waals surface area contributed by atoms with E-state index in [-0.39, 0.29) is 5.91 Å². The van der Waals surface area contributed by atoms with Crippen molar-refractivity contribution in [1.29, 1.82) is 0 Å². The smallest absolute Gasteiger partial charge is 0.251 e. The first-order chi connectivity index (χ1) is 8.99. The molecule has 2 rings (SSSR count). The number of fused-ring (bicyclic) bond motifs is 1. The summed E-state index contributed by atoms with van der Waals surface area (Å²) in [4.78, 5) is 14.1. The van der Waals surface area contributed by atoms with Crippen molar-refractivity contribution < 1.29 is 9.53 Å². The molecule has 0 aromatic carbocycles. The average Bonchev–Trinajstić information content (AvgIpc) is 2.76. The molecule has 2 heterocycles. The van der Waals surface area contributed by atoms with E-state index in [1.54, 1.807) is 4.90 Å². The molecule has 1 aliphatic rings. The molecule has 6 heteroatoms. The predicted octanol–water partition coefficient (Wildman–Crippen LogP) is 0.990. The Kier molecular flexibility index (Phi) is 4.19. The van der Waals surface area contributed by atoms with E-state index in [1.165, 1.54) is 0 Å². The molecule has 106 valence electrons. The number of carbonyl (C=O) groups excluding carboxylic acids is 1. The second-order valence-corrected chi connectivity index (χ2v) is 5.44. The van der Waals surface area contributed by atoms with Gasteiger partial charge in [0.1, 0.15) is 11.9 Å². The molecule has 19 heavy (non-hydrogen) atoms. The van der Waals surface area contributed by atoms with Gasteiger partial charge in [0.05, 0.1) is 6.54 Å². The molecule has 1 amide bonds. The Labute approximate surface area is 113 Å². The van der Waals surface area contributed by atoms with Crippen molar-refractivity contribution >= 4 is 5.91 Å². The lowest BCUT2D eigenvalue weighted by molar-refractivity contribution is -0.144. The second-order valence-electron chi connectivity index (χ2n) is 5.44. The van der Waals surface area contributed by atoms with Crippen molar-refractivity contribution in [2.45, 2.75) is 46.9 Å². The van der Waals surface area contributed by atoms with Crippen molar-refractivity contribution in [3.63, 3.8) is 0 Å². The summed E-state index contributed by atoms with van der Waals surface area (Å²) >= 11 is 0. The van der Waals surface area contributed by atoms with Crippen LogP contribution in [-0.2, 0) is 22.6 Å². The molecule has 0 bridgehead atoms. The van der Waals surface area contributed by atoms with Gasteiger partial charge < -0.3 is 14.2 Å². The van der Waals surface area contributed by atoms with Crippen molar-refractivity contribution in [3.8, 4) is 0 Å². The van der Waals surface area contributed by atoms with Crippen LogP contribution in [0.5, 0.6) is 0 Å². The fourth-order valence-corrected chi connectivity index (χ4v) is 2.16. The molecule has 0 fully saturated rings. The third-order valence-corrected chi connectivity index (χ3v) is 3.28. The quantitative estimate of drug-likeness (QED) is 0.815. The Bertz CT molecular complexity index is 455. The number of amides is 1. The lowest BCUT2D eigenvalue weighted by Crippen LogP contribution is -2.44. The van der Waals surface area contributed by atoms with Gasteiger partial charge in [-0.15, -0.1) is 10.2 Å². The molecule has 0 saturated heterocycles. The van der Waals surface area contributed by atoms with Crippen LogP contribution in [0.1, 0.15) is 32.4 Å². The zero-order chi connectivity index (χ0) is 14.0. The van der Waals surface area contributed by atoms with E-state index >= 15 is 0 Å². The maximum absolute atomic E-state index is 12.3. The van der Waals surface area contributed by atoms with Gasteiger partial charge in [0.25, 0.3) is 5.91 Å². The molecule has 1 atom stereocenters. The number of rotatable bonds is 4. The number of aromatic nitrogens is 3. The van der Waals surface area contributed by atoms with Crippen molar-refractivity contribution in [2.75, 3.05) is 13.2 Å². The van der Waals surface area contributed by atoms with Gasteiger partial charge in [-0.2, -0.15) is 0 Å². The lowest BCUT2D eigenvalue weighted by Gasteiger charge is -2.29. The van der Waals surface area contributed by atoms with Gasteiger partial charge in [-0.3, -0.25) is 4.79 Å². The number of hydrogen-bond donors (Lipinski definition) is 0. The topological polar surface area (TPSA) is 60.2 Å². The highest BCUT2D eigenvalue weighted by Crippen LogP contribution is 2.13. The number of hydrogen-bond acceptors (Lipinski definition) is 4. The van der Waals surface area contributed by atoms with Crippen molar-refractivity contribution in [3.05, 3.63) is 11.6 Å². The van der Waals surface area contributed by atoms with Crippen LogP contribution >= 0.6 is 0 Å². The Morgan fingerprint density at radius 1 is 1.32 bits per heavy atom. The largest absolute Gasteiger partial charge is 0.368 e. The van der Waals surface area contributed by atoms with Gasteiger partial charge in [0.2, 0.25) is 0 Å². The average molecular weight is 266 g/mol. The number of ether oxygens (including phenoxy) is 1. The highest BCUT2D eigenvalue weighted by atomic mass is 16.5. The Hall–Kier alpha value is -1.43. The van der Waals surface area contributed by atoms with Crippen LogP contribution in [-0.4, -0.2) is 44.8 Å². The van der Waals surface area contributed by atoms with E-state index in [1.807, 2.05) is 13.8 Å². The van der Waals surface area contributed by atoms with Crippen LogP contribution < -0.4 is 0 Å². The fourth-order valence-electron chi connectivity index (χ4n) is 2.16. The molecule has 0 aliphatic carbocycles. The summed E-state index contributed by atoms with van der Waals surface area (Å²) < 4.78 is 7.64. The normalized spacial score (nSPS) is 16.6. The van der Waals surface area contributed by atoms with Gasteiger partial charge >= 0.3 is 0 Å². The summed E-state index contributed by atoms with van der Waals surface area (Å²) in [6.07, 6.45) is -0.391. The summed E-state index contributed by atoms with van der Waals surface area (Å²) in [5.41, 5.74) is 0. The highest BCUT2D eigenvalue weighted by molar-refractivity contribution is 5.80. The van der Waals surface area contributed by atoms with Crippen molar-refractivity contribution in [2.24, 2.45) is 5.92 Å². The summed E-state index contributed by atoms with van der Waals surface area (Å²) in [5.74, 6) is 2.23. The van der Waals surface area contributed by atoms with Gasteiger partial charge in [0.15, 0.2) is 5.82 Å². The molecule has 1 aromatic rings. The van der Waals surface area contributed by atoms with Crippen LogP contribution in [0.25, 0.3) is 0 Å². The first-order valence-electron chi connectivity index (χ1n) is 6.78. The Morgan fingerprint density at radius 3 is 2.74 bits per heavy atom. The minimum atomic E-state index is -0.391. The summed E-state index contributed by atoms with van der Waals surface area (Å²) in [5, 5.41) is 8.14. The molecule has 0 spiro atoms. The number of carbonyl (C=O) groups is 1. The first-order valence-corrected chi connectivity index (χ1v) is 6.78. The fraction of sp³-hybridized carbons (Fsp3) is 0.769. The number of nitrogens with zero attached hydrogens (tertiary/aromatic N) is 4. The van der Waals surface area contributed by atoms with Gasteiger partial charge in [-0.05, 0) is 19.8 Å².